The lowest BCUT2D eigenvalue weighted by Gasteiger charge is -2.13. The number of anilines is 3. The second-order valence-electron chi connectivity index (χ2n) is 6.28. The molecule has 128 valence electrons. The second kappa shape index (κ2) is 6.30. The van der Waals surface area contributed by atoms with Gasteiger partial charge in [0, 0.05) is 23.7 Å². The Bertz CT molecular complexity index is 707. The number of nitrogens with one attached hydrogen (secondary N) is 2. The van der Waals surface area contributed by atoms with Gasteiger partial charge in [0.05, 0.1) is 11.3 Å². The number of hydrogen-bond donors (Lipinski definition) is 2. The van der Waals surface area contributed by atoms with E-state index >= 15 is 0 Å². The number of rotatable bonds is 5. The van der Waals surface area contributed by atoms with Crippen LogP contribution >= 0.6 is 0 Å². The molecule has 0 aliphatic heterocycles. The summed E-state index contributed by atoms with van der Waals surface area (Å²) in [7, 11) is 0. The molecular weight excluding hydrogens is 317 g/mol. The molecule has 3 rings (SSSR count). The molecule has 1 aromatic heterocycles. The first kappa shape index (κ1) is 16.5. The molecule has 24 heavy (non-hydrogen) atoms. The number of nitrogens with zero attached hydrogens (tertiary/aromatic N) is 2. The van der Waals surface area contributed by atoms with Crippen molar-refractivity contribution in [3.05, 3.63) is 41.6 Å². The molecule has 0 saturated heterocycles. The van der Waals surface area contributed by atoms with Crippen LogP contribution in [0.3, 0.4) is 0 Å². The number of hydrogen-bond acceptors (Lipinski definition) is 4. The van der Waals surface area contributed by atoms with Crippen molar-refractivity contribution in [2.75, 3.05) is 10.6 Å². The van der Waals surface area contributed by atoms with E-state index in [0.717, 1.165) is 30.7 Å². The van der Waals surface area contributed by atoms with Crippen molar-refractivity contribution in [1.82, 2.24) is 9.97 Å². The summed E-state index contributed by atoms with van der Waals surface area (Å²) in [5.74, 6) is 1.56. The van der Waals surface area contributed by atoms with Gasteiger partial charge in [-0.1, -0.05) is 0 Å². The van der Waals surface area contributed by atoms with E-state index in [1.54, 1.807) is 0 Å². The molecular formula is C17H19F3N4. The Kier molecular flexibility index (Phi) is 4.34. The molecule has 1 aliphatic carbocycles. The first-order chi connectivity index (χ1) is 11.3. The zero-order valence-corrected chi connectivity index (χ0v) is 13.5. The smallest absolute Gasteiger partial charge is 0.352 e. The molecule has 0 unspecified atom stereocenters. The maximum absolute atomic E-state index is 12.6. The summed E-state index contributed by atoms with van der Waals surface area (Å²) in [5, 5.41) is 6.23. The molecule has 1 heterocycles. The zero-order valence-electron chi connectivity index (χ0n) is 13.5. The van der Waals surface area contributed by atoms with Crippen LogP contribution in [0.15, 0.2) is 30.3 Å². The van der Waals surface area contributed by atoms with E-state index in [9.17, 15) is 13.2 Å². The molecule has 1 aromatic carbocycles. The van der Waals surface area contributed by atoms with Gasteiger partial charge in [0.1, 0.15) is 5.82 Å². The lowest BCUT2D eigenvalue weighted by Crippen LogP contribution is -2.14. The average Bonchev–Trinajstić information content (AvgIpc) is 3.30. The number of halogens is 3. The number of alkyl halides is 3. The lowest BCUT2D eigenvalue weighted by atomic mass is 10.2. The van der Waals surface area contributed by atoms with Crippen LogP contribution in [-0.4, -0.2) is 16.0 Å². The summed E-state index contributed by atoms with van der Waals surface area (Å²) in [5.41, 5.74) is 0.845. The highest BCUT2D eigenvalue weighted by molar-refractivity contribution is 5.58. The fourth-order valence-electron chi connectivity index (χ4n) is 2.33. The highest BCUT2D eigenvalue weighted by atomic mass is 19.4. The van der Waals surface area contributed by atoms with Gasteiger partial charge >= 0.3 is 6.18 Å². The molecule has 0 amide bonds. The van der Waals surface area contributed by atoms with Crippen LogP contribution in [0, 0.1) is 0 Å². The van der Waals surface area contributed by atoms with Gasteiger partial charge in [-0.15, -0.1) is 0 Å². The molecule has 4 nitrogen and oxygen atoms in total. The molecule has 1 fully saturated rings. The zero-order chi connectivity index (χ0) is 17.3. The Labute approximate surface area is 138 Å². The second-order valence-corrected chi connectivity index (χ2v) is 6.28. The van der Waals surface area contributed by atoms with Crippen LogP contribution in [-0.2, 0) is 6.18 Å². The maximum Gasteiger partial charge on any atom is 0.416 e. The van der Waals surface area contributed by atoms with E-state index < -0.39 is 11.7 Å². The Morgan fingerprint density at radius 2 is 1.75 bits per heavy atom. The van der Waals surface area contributed by atoms with E-state index in [4.69, 9.17) is 0 Å². The molecule has 2 aromatic rings. The van der Waals surface area contributed by atoms with Crippen molar-refractivity contribution in [3.8, 4) is 0 Å². The summed E-state index contributed by atoms with van der Waals surface area (Å²) in [4.78, 5) is 8.91. The largest absolute Gasteiger partial charge is 0.416 e. The Morgan fingerprint density at radius 1 is 1.08 bits per heavy atom. The quantitative estimate of drug-likeness (QED) is 0.812. The minimum absolute atomic E-state index is 0.193. The molecule has 0 bridgehead atoms. The summed E-state index contributed by atoms with van der Waals surface area (Å²) < 4.78 is 37.9. The van der Waals surface area contributed by atoms with Crippen molar-refractivity contribution in [2.24, 2.45) is 0 Å². The fourth-order valence-corrected chi connectivity index (χ4v) is 2.33. The van der Waals surface area contributed by atoms with Gasteiger partial charge in [0.25, 0.3) is 0 Å². The van der Waals surface area contributed by atoms with Crippen molar-refractivity contribution in [3.63, 3.8) is 0 Å². The topological polar surface area (TPSA) is 49.8 Å². The van der Waals surface area contributed by atoms with Gasteiger partial charge in [-0.05, 0) is 51.0 Å². The van der Waals surface area contributed by atoms with E-state index in [1.807, 2.05) is 19.9 Å². The fraction of sp³-hybridized carbons (Fsp3) is 0.412. The van der Waals surface area contributed by atoms with E-state index in [-0.39, 0.29) is 6.04 Å². The van der Waals surface area contributed by atoms with Crippen molar-refractivity contribution < 1.29 is 13.2 Å². The van der Waals surface area contributed by atoms with Gasteiger partial charge in [-0.2, -0.15) is 18.2 Å². The molecule has 2 N–H and O–H groups in total. The predicted molar refractivity (Wildman–Crippen MR) is 87.5 cm³/mol. The first-order valence-corrected chi connectivity index (χ1v) is 7.91. The minimum atomic E-state index is -4.33. The van der Waals surface area contributed by atoms with E-state index in [0.29, 0.717) is 23.4 Å². The Hall–Kier alpha value is -2.31. The normalized spacial score (nSPS) is 14.8. The van der Waals surface area contributed by atoms with Crippen LogP contribution in [0.5, 0.6) is 0 Å². The molecule has 0 spiro atoms. The van der Waals surface area contributed by atoms with Gasteiger partial charge in [0.15, 0.2) is 0 Å². The highest BCUT2D eigenvalue weighted by Gasteiger charge is 2.30. The standard InChI is InChI=1S/C17H19F3N4/c1-10(2)21-16-23-14(11-3-4-11)9-15(24-16)22-13-7-5-12(6-8-13)17(18,19)20/h5-11H,3-4H2,1-2H3,(H2,21,22,23,24). The van der Waals surface area contributed by atoms with Gasteiger partial charge in [-0.3, -0.25) is 0 Å². The predicted octanol–water partition coefficient (Wildman–Crippen LogP) is 4.94. The highest BCUT2D eigenvalue weighted by Crippen LogP contribution is 2.40. The summed E-state index contributed by atoms with van der Waals surface area (Å²) in [6, 6.07) is 6.96. The van der Waals surface area contributed by atoms with Gasteiger partial charge in [-0.25, -0.2) is 4.98 Å². The van der Waals surface area contributed by atoms with E-state index in [1.165, 1.54) is 12.1 Å². The summed E-state index contributed by atoms with van der Waals surface area (Å²) >= 11 is 0. The molecule has 1 aliphatic rings. The average molecular weight is 336 g/mol. The van der Waals surface area contributed by atoms with Crippen LogP contribution in [0.4, 0.5) is 30.6 Å². The Morgan fingerprint density at radius 3 is 2.29 bits per heavy atom. The molecule has 7 heteroatoms. The molecule has 0 atom stereocenters. The molecule has 0 radical (unpaired) electrons. The number of benzene rings is 1. The summed E-state index contributed by atoms with van der Waals surface area (Å²) in [6.07, 6.45) is -2.11. The number of aromatic nitrogens is 2. The van der Waals surface area contributed by atoms with Crippen LogP contribution < -0.4 is 10.6 Å². The molecule has 1 saturated carbocycles. The third kappa shape index (κ3) is 4.15. The Balaban J connectivity index is 1.82. The minimum Gasteiger partial charge on any atom is -0.352 e. The van der Waals surface area contributed by atoms with Crippen molar-refractivity contribution in [1.29, 1.82) is 0 Å². The van der Waals surface area contributed by atoms with Crippen molar-refractivity contribution in [2.45, 2.75) is 44.8 Å². The maximum atomic E-state index is 12.6. The van der Waals surface area contributed by atoms with Crippen LogP contribution in [0.25, 0.3) is 0 Å². The van der Waals surface area contributed by atoms with E-state index in [2.05, 4.69) is 20.6 Å². The first-order valence-electron chi connectivity index (χ1n) is 7.91. The lowest BCUT2D eigenvalue weighted by molar-refractivity contribution is -0.137. The van der Waals surface area contributed by atoms with Crippen LogP contribution in [0.2, 0.25) is 0 Å². The SMILES string of the molecule is CC(C)Nc1nc(Nc2ccc(C(F)(F)F)cc2)cc(C2CC2)n1. The van der Waals surface area contributed by atoms with Gasteiger partial charge in [0.2, 0.25) is 5.95 Å². The monoisotopic (exact) mass is 336 g/mol. The van der Waals surface area contributed by atoms with Gasteiger partial charge < -0.3 is 10.6 Å². The van der Waals surface area contributed by atoms with Crippen LogP contribution in [0.1, 0.15) is 43.9 Å². The third-order valence-corrected chi connectivity index (χ3v) is 3.64. The van der Waals surface area contributed by atoms with Crippen molar-refractivity contribution >= 4 is 17.5 Å². The third-order valence-electron chi connectivity index (χ3n) is 3.64. The summed E-state index contributed by atoms with van der Waals surface area (Å²) in [6.45, 7) is 3.99.